The second-order valence-corrected chi connectivity index (χ2v) is 30.4. The minimum Gasteiger partial charge on any atom is -0.481 e. The number of carbonyl (C=O) groups is 3. The minimum absolute atomic E-state index is 0.177. The number of aryl methyl sites for hydroxylation is 3. The van der Waals surface area contributed by atoms with Crippen LogP contribution in [0.25, 0.3) is 82.5 Å². The highest BCUT2D eigenvalue weighted by Gasteiger charge is 2.57. The van der Waals surface area contributed by atoms with Crippen LogP contribution in [0.4, 0.5) is 13.2 Å². The number of nitrogens with zero attached hydrogens (tertiary/aromatic N) is 6. The van der Waals surface area contributed by atoms with Crippen molar-refractivity contribution < 1.29 is 42.9 Å². The first kappa shape index (κ1) is 63.6. The van der Waals surface area contributed by atoms with E-state index < -0.39 is 17.9 Å². The van der Waals surface area contributed by atoms with Gasteiger partial charge in [0, 0.05) is 72.9 Å². The van der Waals surface area contributed by atoms with E-state index >= 15 is 0 Å². The number of hydrogen-bond acceptors (Lipinski definition) is 6. The highest BCUT2D eigenvalue weighted by atomic mass is 19.1. The molecule has 5 aliphatic carbocycles. The van der Waals surface area contributed by atoms with Gasteiger partial charge in [-0.3, -0.25) is 29.7 Å². The van der Waals surface area contributed by atoms with Gasteiger partial charge in [-0.05, 0) is 262 Å². The molecule has 0 saturated heterocycles. The van der Waals surface area contributed by atoms with Crippen LogP contribution in [0.3, 0.4) is 0 Å². The summed E-state index contributed by atoms with van der Waals surface area (Å²) in [6.45, 7) is 18.6. The standard InChI is InChI=1S/2C27H28FN3O2.C25H26FN3O2/c2*1-14(2)25-24(17-9-27(10-17)11-18(12-27)26(32)33)20-8-22-16(13-29-30-22)7-23(20)31(25)19-4-5-21(28)15(3)6-19;1-13(2)25-24(16-7-15(8-16)9-23(30)31)19-11-21-17(12-27-28-21)10-22(19)29(25)18-4-5-20(26)14(3)6-18/h2*4-8,13-14,17-18H,9-12H2,1-3H3,(H,29,30)(H,32,33);4-6,10-13,15-16H,7-9H2,1-3H3,(H,27,28)(H,30,31). The number of carboxylic acids is 3. The molecule has 18 heteroatoms. The van der Waals surface area contributed by atoms with Gasteiger partial charge in [-0.15, -0.1) is 0 Å². The van der Waals surface area contributed by atoms with Crippen molar-refractivity contribution in [2.45, 2.75) is 168 Å². The molecule has 5 fully saturated rings. The highest BCUT2D eigenvalue weighted by molar-refractivity contribution is 6.02. The van der Waals surface area contributed by atoms with E-state index in [0.29, 0.717) is 34.4 Å². The molecule has 6 heterocycles. The number of carboxylic acid groups (broad SMARTS) is 3. The molecule has 6 N–H and O–H groups in total. The predicted octanol–water partition coefficient (Wildman–Crippen LogP) is 18.9. The van der Waals surface area contributed by atoms with Crippen molar-refractivity contribution in [3.63, 3.8) is 0 Å². The Labute approximate surface area is 559 Å². The largest absolute Gasteiger partial charge is 0.481 e. The molecule has 12 aromatic rings. The number of hydrogen-bond donors (Lipinski definition) is 6. The number of aliphatic carboxylic acids is 3. The van der Waals surface area contributed by atoms with Crippen molar-refractivity contribution in [3.05, 3.63) is 178 Å². The Morgan fingerprint density at radius 3 is 1.05 bits per heavy atom. The van der Waals surface area contributed by atoms with Gasteiger partial charge in [-0.1, -0.05) is 41.5 Å². The van der Waals surface area contributed by atoms with Crippen LogP contribution in [-0.4, -0.2) is 77.5 Å². The van der Waals surface area contributed by atoms with Gasteiger partial charge in [0.2, 0.25) is 0 Å². The minimum atomic E-state index is -0.726. The maximum atomic E-state index is 14.1. The second kappa shape index (κ2) is 23.7. The van der Waals surface area contributed by atoms with E-state index in [-0.39, 0.29) is 70.2 Å². The van der Waals surface area contributed by atoms with E-state index in [2.05, 4.69) is 122 Å². The summed E-state index contributed by atoms with van der Waals surface area (Å²) in [5.74, 6) is -0.824. The Balaban J connectivity index is 0.000000119. The van der Waals surface area contributed by atoms with E-state index in [9.17, 15) is 42.9 Å². The fourth-order valence-electron chi connectivity index (χ4n) is 18.2. The topological polar surface area (TPSA) is 213 Å². The summed E-state index contributed by atoms with van der Waals surface area (Å²) >= 11 is 0. The van der Waals surface area contributed by atoms with Gasteiger partial charge in [0.25, 0.3) is 0 Å². The van der Waals surface area contributed by atoms with Crippen LogP contribution in [0, 0.1) is 66.8 Å². The van der Waals surface area contributed by atoms with Crippen LogP contribution in [0.2, 0.25) is 0 Å². The maximum absolute atomic E-state index is 14.1. The molecule has 17 rings (SSSR count). The van der Waals surface area contributed by atoms with E-state index in [0.717, 1.165) is 131 Å². The normalized spacial score (nSPS) is 22.7. The van der Waals surface area contributed by atoms with Crippen LogP contribution < -0.4 is 0 Å². The van der Waals surface area contributed by atoms with Gasteiger partial charge < -0.3 is 29.0 Å². The summed E-state index contributed by atoms with van der Waals surface area (Å²) in [4.78, 5) is 33.9. The number of aromatic amines is 3. The van der Waals surface area contributed by atoms with Gasteiger partial charge in [0.1, 0.15) is 17.5 Å². The lowest BCUT2D eigenvalue weighted by Gasteiger charge is -2.57. The van der Waals surface area contributed by atoms with E-state index in [1.54, 1.807) is 32.9 Å². The number of fused-ring (bicyclic) bond motifs is 6. The van der Waals surface area contributed by atoms with Crippen molar-refractivity contribution in [1.29, 1.82) is 0 Å². The molecule has 97 heavy (non-hydrogen) atoms. The molecule has 6 aromatic carbocycles. The molecule has 0 unspecified atom stereocenters. The summed E-state index contributed by atoms with van der Waals surface area (Å²) in [6.07, 6.45) is 14.9. The fourth-order valence-corrected chi connectivity index (χ4v) is 18.2. The first-order valence-corrected chi connectivity index (χ1v) is 34.4. The monoisotopic (exact) mass is 1310 g/mol. The molecule has 2 spiro atoms. The molecule has 0 aliphatic heterocycles. The first-order valence-electron chi connectivity index (χ1n) is 34.4. The van der Waals surface area contributed by atoms with E-state index in [1.165, 1.54) is 56.0 Å². The smallest absolute Gasteiger partial charge is 0.306 e. The zero-order chi connectivity index (χ0) is 68.0. The zero-order valence-electron chi connectivity index (χ0n) is 56.3. The third kappa shape index (κ3) is 10.8. The average Bonchev–Trinajstić information content (AvgIpc) is 1.67. The molecule has 15 nitrogen and oxygen atoms in total. The molecule has 0 radical (unpaired) electrons. The number of aromatic nitrogens is 9. The fraction of sp³-hybridized carbons (Fsp3) is 0.392. The summed E-state index contributed by atoms with van der Waals surface area (Å²) < 4.78 is 49.1. The average molecular weight is 1310 g/mol. The zero-order valence-corrected chi connectivity index (χ0v) is 56.3. The Kier molecular flexibility index (Phi) is 15.5. The Hall–Kier alpha value is -9.45. The molecule has 500 valence electrons. The van der Waals surface area contributed by atoms with Crippen LogP contribution >= 0.6 is 0 Å². The van der Waals surface area contributed by atoms with E-state index in [1.807, 2.05) is 55.0 Å². The third-order valence-corrected chi connectivity index (χ3v) is 22.7. The summed E-state index contributed by atoms with van der Waals surface area (Å²) in [5, 5.41) is 56.5. The molecule has 0 amide bonds. The number of halogens is 3. The lowest BCUT2D eigenvalue weighted by Crippen LogP contribution is -2.49. The summed E-state index contributed by atoms with van der Waals surface area (Å²) in [7, 11) is 0. The highest BCUT2D eigenvalue weighted by Crippen LogP contribution is 2.67. The van der Waals surface area contributed by atoms with Gasteiger partial charge in [0.15, 0.2) is 0 Å². The lowest BCUT2D eigenvalue weighted by molar-refractivity contribution is -0.156. The van der Waals surface area contributed by atoms with Gasteiger partial charge in [0.05, 0.1) is 63.5 Å². The Bertz CT molecular complexity index is 4940. The van der Waals surface area contributed by atoms with Crippen LogP contribution in [0.1, 0.15) is 198 Å². The van der Waals surface area contributed by atoms with Crippen molar-refractivity contribution >= 4 is 83.3 Å². The first-order chi connectivity index (χ1) is 46.4. The number of benzene rings is 6. The van der Waals surface area contributed by atoms with Crippen LogP contribution in [-0.2, 0) is 14.4 Å². The van der Waals surface area contributed by atoms with Gasteiger partial charge >= 0.3 is 17.9 Å². The Morgan fingerprint density at radius 2 is 0.773 bits per heavy atom. The van der Waals surface area contributed by atoms with Gasteiger partial charge in [-0.25, -0.2) is 13.2 Å². The van der Waals surface area contributed by atoms with Crippen molar-refractivity contribution in [2.24, 2.45) is 28.6 Å². The van der Waals surface area contributed by atoms with Crippen molar-refractivity contribution in [2.75, 3.05) is 0 Å². The van der Waals surface area contributed by atoms with Crippen LogP contribution in [0.15, 0.2) is 110 Å². The molecule has 0 bridgehead atoms. The Morgan fingerprint density at radius 1 is 0.464 bits per heavy atom. The van der Waals surface area contributed by atoms with E-state index in [4.69, 9.17) is 0 Å². The maximum Gasteiger partial charge on any atom is 0.306 e. The third-order valence-electron chi connectivity index (χ3n) is 22.7. The number of nitrogens with one attached hydrogen (secondary N) is 3. The molecule has 5 saturated carbocycles. The van der Waals surface area contributed by atoms with Gasteiger partial charge in [-0.2, -0.15) is 15.3 Å². The summed E-state index contributed by atoms with van der Waals surface area (Å²) in [5.41, 5.74) is 19.3. The van der Waals surface area contributed by atoms with Crippen molar-refractivity contribution in [1.82, 2.24) is 44.3 Å². The number of H-pyrrole nitrogens is 3. The second-order valence-electron chi connectivity index (χ2n) is 30.4. The molecule has 6 aromatic heterocycles. The lowest BCUT2D eigenvalue weighted by atomic mass is 9.47. The molecule has 0 atom stereocenters. The number of rotatable bonds is 13. The molecular weight excluding hydrogens is 1230 g/mol. The predicted molar refractivity (Wildman–Crippen MR) is 372 cm³/mol. The van der Waals surface area contributed by atoms with Crippen LogP contribution in [0.5, 0.6) is 0 Å². The summed E-state index contributed by atoms with van der Waals surface area (Å²) in [6, 6.07) is 29.0. The quantitative estimate of drug-likeness (QED) is 0.0647. The van der Waals surface area contributed by atoms with Crippen molar-refractivity contribution in [3.8, 4) is 17.1 Å². The SMILES string of the molecule is Cc1cc(-n2c(C(C)C)c(C3CC(CC(=O)O)C3)c3cc4[nH]ncc4cc32)ccc1F.Cc1cc(-n2c(C(C)C)c(C3CC4(CC(C(=O)O)C4)C3)c3cc4[nH]ncc4cc32)ccc1F.Cc1cc(-n2c(C(C)C)c(C3CC4(CC(C(=O)O)C4)C3)c3cc4[nH]ncc4cc32)ccc1F. The molecule has 5 aliphatic rings. The molecular formula is C79H82F3N9O6.